The molecule has 1 aromatic carbocycles. The van der Waals surface area contributed by atoms with Crippen LogP contribution < -0.4 is 0 Å². The van der Waals surface area contributed by atoms with Crippen LogP contribution in [0, 0.1) is 0 Å². The van der Waals surface area contributed by atoms with Gasteiger partial charge in [-0.15, -0.1) is 0 Å². The minimum Gasteiger partial charge on any atom is -0.347 e. The van der Waals surface area contributed by atoms with E-state index in [0.29, 0.717) is 35.7 Å². The third-order valence-electron chi connectivity index (χ3n) is 6.68. The van der Waals surface area contributed by atoms with Gasteiger partial charge >= 0.3 is 0 Å². The number of halogens is 2. The first-order valence-corrected chi connectivity index (χ1v) is 11.4. The fourth-order valence-corrected chi connectivity index (χ4v) is 5.44. The second-order valence-electron chi connectivity index (χ2n) is 8.51. The fourth-order valence-electron chi connectivity index (χ4n) is 5.12. The lowest BCUT2D eigenvalue weighted by molar-refractivity contribution is -0.175. The Morgan fingerprint density at radius 2 is 1.90 bits per heavy atom. The van der Waals surface area contributed by atoms with Crippen LogP contribution in [0.2, 0.25) is 10.0 Å². The summed E-state index contributed by atoms with van der Waals surface area (Å²) < 4.78 is 12.1. The van der Waals surface area contributed by atoms with Crippen molar-refractivity contribution in [2.45, 2.75) is 62.8 Å². The summed E-state index contributed by atoms with van der Waals surface area (Å²) in [5.41, 5.74) is 0.880. The summed E-state index contributed by atoms with van der Waals surface area (Å²) in [7, 11) is 1.93. The van der Waals surface area contributed by atoms with Gasteiger partial charge < -0.3 is 14.4 Å². The Bertz CT molecular complexity index is 733. The number of hydrogen-bond donors (Lipinski definition) is 0. The normalized spacial score (nSPS) is 27.3. The largest absolute Gasteiger partial charge is 0.347 e. The molecule has 2 unspecified atom stereocenters. The van der Waals surface area contributed by atoms with Crippen LogP contribution in [-0.2, 0) is 20.7 Å². The predicted molar refractivity (Wildman–Crippen MR) is 114 cm³/mol. The smallest absolute Gasteiger partial charge is 0.227 e. The third-order valence-corrected chi connectivity index (χ3v) is 7.41. The standard InChI is InChI=1S/C22H30Cl2N2O3/c1-25(21(27)14-16-6-7-17(23)18(24)13-16)20-15-22(28-11-12-29-22)8-4-5-19(20)26-9-2-3-10-26/h6-7,13,19-20H,2-5,8-12,14-15H2,1H3. The van der Waals surface area contributed by atoms with Crippen molar-refractivity contribution in [2.75, 3.05) is 33.4 Å². The van der Waals surface area contributed by atoms with Crippen molar-refractivity contribution >= 4 is 29.1 Å². The van der Waals surface area contributed by atoms with Crippen molar-refractivity contribution < 1.29 is 14.3 Å². The van der Waals surface area contributed by atoms with Gasteiger partial charge in [0.05, 0.1) is 35.7 Å². The second kappa shape index (κ2) is 9.11. The lowest BCUT2D eigenvalue weighted by Gasteiger charge is -2.40. The highest BCUT2D eigenvalue weighted by atomic mass is 35.5. The Kier molecular flexibility index (Phi) is 6.72. The van der Waals surface area contributed by atoms with Gasteiger partial charge in [0.2, 0.25) is 5.91 Å². The summed E-state index contributed by atoms with van der Waals surface area (Å²) in [6.45, 7) is 3.51. The van der Waals surface area contributed by atoms with Crippen molar-refractivity contribution in [1.82, 2.24) is 9.80 Å². The van der Waals surface area contributed by atoms with E-state index in [-0.39, 0.29) is 11.9 Å². The summed E-state index contributed by atoms with van der Waals surface area (Å²) in [6, 6.07) is 5.83. The van der Waals surface area contributed by atoms with E-state index in [4.69, 9.17) is 32.7 Å². The van der Waals surface area contributed by atoms with Gasteiger partial charge in [-0.05, 0) is 56.5 Å². The quantitative estimate of drug-likeness (QED) is 0.704. The summed E-state index contributed by atoms with van der Waals surface area (Å²) in [6.07, 6.45) is 6.56. The summed E-state index contributed by atoms with van der Waals surface area (Å²) >= 11 is 12.2. The Morgan fingerprint density at radius 1 is 1.17 bits per heavy atom. The van der Waals surface area contributed by atoms with E-state index in [0.717, 1.165) is 44.3 Å². The van der Waals surface area contributed by atoms with E-state index in [1.54, 1.807) is 12.1 Å². The molecule has 3 fully saturated rings. The highest BCUT2D eigenvalue weighted by Gasteiger charge is 2.46. The molecule has 0 radical (unpaired) electrons. The number of nitrogens with zero attached hydrogens (tertiary/aromatic N) is 2. The second-order valence-corrected chi connectivity index (χ2v) is 9.33. The number of ether oxygens (including phenoxy) is 2. The van der Waals surface area contributed by atoms with E-state index in [1.807, 2.05) is 18.0 Å². The average molecular weight is 441 g/mol. The maximum Gasteiger partial charge on any atom is 0.227 e. The SMILES string of the molecule is CN(C(=O)Cc1ccc(Cl)c(Cl)c1)C1CC2(CCCC1N1CCCC1)OCCO2. The van der Waals surface area contributed by atoms with E-state index in [1.165, 1.54) is 12.8 Å². The van der Waals surface area contributed by atoms with Gasteiger partial charge in [-0.2, -0.15) is 0 Å². The van der Waals surface area contributed by atoms with E-state index in [9.17, 15) is 4.79 Å². The molecule has 1 spiro atoms. The molecule has 1 saturated carbocycles. The van der Waals surface area contributed by atoms with Gasteiger partial charge in [0.25, 0.3) is 0 Å². The molecule has 2 saturated heterocycles. The number of amides is 1. The van der Waals surface area contributed by atoms with E-state index in [2.05, 4.69) is 4.90 Å². The molecule has 0 N–H and O–H groups in total. The molecule has 2 atom stereocenters. The number of likely N-dealkylation sites (tertiary alicyclic amines) is 1. The van der Waals surface area contributed by atoms with Gasteiger partial charge in [-0.3, -0.25) is 9.69 Å². The van der Waals surface area contributed by atoms with Crippen LogP contribution in [0.4, 0.5) is 0 Å². The Hall–Kier alpha value is -0.850. The molecule has 0 bridgehead atoms. The van der Waals surface area contributed by atoms with Crippen LogP contribution in [0.5, 0.6) is 0 Å². The van der Waals surface area contributed by atoms with Crippen LogP contribution in [0.3, 0.4) is 0 Å². The zero-order valence-electron chi connectivity index (χ0n) is 17.0. The molecule has 2 heterocycles. The van der Waals surface area contributed by atoms with Crippen molar-refractivity contribution in [3.05, 3.63) is 33.8 Å². The fraction of sp³-hybridized carbons (Fsp3) is 0.682. The third kappa shape index (κ3) is 4.75. The Balaban J connectivity index is 1.54. The summed E-state index contributed by atoms with van der Waals surface area (Å²) in [4.78, 5) is 17.7. The number of hydrogen-bond acceptors (Lipinski definition) is 4. The zero-order chi connectivity index (χ0) is 20.4. The highest BCUT2D eigenvalue weighted by Crippen LogP contribution is 2.38. The lowest BCUT2D eigenvalue weighted by atomic mass is 9.97. The summed E-state index contributed by atoms with van der Waals surface area (Å²) in [5.74, 6) is -0.440. The zero-order valence-corrected chi connectivity index (χ0v) is 18.6. The number of carbonyl (C=O) groups excluding carboxylic acids is 1. The molecule has 0 aromatic heterocycles. The van der Waals surface area contributed by atoms with Crippen LogP contribution in [0.1, 0.15) is 44.1 Å². The monoisotopic (exact) mass is 440 g/mol. The maximum absolute atomic E-state index is 13.2. The minimum atomic E-state index is -0.530. The molecule has 29 heavy (non-hydrogen) atoms. The topological polar surface area (TPSA) is 42.0 Å². The van der Waals surface area contributed by atoms with Gasteiger partial charge in [-0.25, -0.2) is 0 Å². The number of benzene rings is 1. The molecular formula is C22H30Cl2N2O3. The van der Waals surface area contributed by atoms with E-state index < -0.39 is 5.79 Å². The maximum atomic E-state index is 13.2. The molecule has 5 nitrogen and oxygen atoms in total. The van der Waals surface area contributed by atoms with Crippen LogP contribution in [0.25, 0.3) is 0 Å². The summed E-state index contributed by atoms with van der Waals surface area (Å²) in [5, 5.41) is 0.988. The average Bonchev–Trinajstić information content (AvgIpc) is 3.35. The van der Waals surface area contributed by atoms with Gasteiger partial charge in [0.15, 0.2) is 5.79 Å². The van der Waals surface area contributed by atoms with Crippen LogP contribution >= 0.6 is 23.2 Å². The first-order chi connectivity index (χ1) is 14.0. The molecular weight excluding hydrogens is 411 g/mol. The number of likely N-dealkylation sites (N-methyl/N-ethyl adjacent to an activating group) is 1. The molecule has 1 aromatic rings. The van der Waals surface area contributed by atoms with Crippen LogP contribution in [0.15, 0.2) is 18.2 Å². The van der Waals surface area contributed by atoms with Gasteiger partial charge in [0, 0.05) is 25.9 Å². The molecule has 2 aliphatic heterocycles. The molecule has 1 amide bonds. The first kappa shape index (κ1) is 21.4. The molecule has 7 heteroatoms. The van der Waals surface area contributed by atoms with E-state index >= 15 is 0 Å². The lowest BCUT2D eigenvalue weighted by Crippen LogP contribution is -2.53. The Morgan fingerprint density at radius 3 is 2.59 bits per heavy atom. The molecule has 1 aliphatic carbocycles. The van der Waals surface area contributed by atoms with Crippen LogP contribution in [-0.4, -0.2) is 66.9 Å². The van der Waals surface area contributed by atoms with Crippen molar-refractivity contribution in [2.24, 2.45) is 0 Å². The number of carbonyl (C=O) groups is 1. The molecule has 4 rings (SSSR count). The van der Waals surface area contributed by atoms with Gasteiger partial charge in [-0.1, -0.05) is 29.3 Å². The molecule has 160 valence electrons. The van der Waals surface area contributed by atoms with Crippen molar-refractivity contribution in [1.29, 1.82) is 0 Å². The Labute approximate surface area is 183 Å². The first-order valence-electron chi connectivity index (χ1n) is 10.7. The van der Waals surface area contributed by atoms with Crippen molar-refractivity contribution in [3.8, 4) is 0 Å². The highest BCUT2D eigenvalue weighted by molar-refractivity contribution is 6.42. The molecule has 3 aliphatic rings. The number of rotatable bonds is 4. The predicted octanol–water partition coefficient (Wildman–Crippen LogP) is 4.14. The minimum absolute atomic E-state index is 0.0731. The van der Waals surface area contributed by atoms with Crippen molar-refractivity contribution in [3.63, 3.8) is 0 Å². The van der Waals surface area contributed by atoms with Gasteiger partial charge in [0.1, 0.15) is 0 Å².